The van der Waals surface area contributed by atoms with E-state index in [0.717, 1.165) is 36.3 Å². The van der Waals surface area contributed by atoms with Crippen LogP contribution in [0.5, 0.6) is 0 Å². The Morgan fingerprint density at radius 1 is 1.24 bits per heavy atom. The van der Waals surface area contributed by atoms with Crippen LogP contribution in [-0.2, 0) is 24.2 Å². The molecule has 134 valence electrons. The van der Waals surface area contributed by atoms with Crippen molar-refractivity contribution in [1.29, 1.82) is 0 Å². The fraction of sp³-hybridized carbons (Fsp3) is 0.389. The predicted octanol–water partition coefficient (Wildman–Crippen LogP) is 2.90. The molecule has 1 aromatic heterocycles. The highest BCUT2D eigenvalue weighted by Gasteiger charge is 2.18. The third-order valence-corrected chi connectivity index (χ3v) is 4.41. The van der Waals surface area contributed by atoms with Crippen molar-refractivity contribution in [2.45, 2.75) is 44.4 Å². The van der Waals surface area contributed by atoms with Gasteiger partial charge in [-0.1, -0.05) is 25.5 Å². The summed E-state index contributed by atoms with van der Waals surface area (Å²) in [5.74, 6) is -1.01. The number of unbranched alkanes of at least 4 members (excludes halogenated alkanes) is 1. The van der Waals surface area contributed by atoms with Crippen molar-refractivity contribution >= 4 is 24.6 Å². The van der Waals surface area contributed by atoms with Crippen LogP contribution in [0.25, 0.3) is 0 Å². The highest BCUT2D eigenvalue weighted by molar-refractivity contribution is 7.81. The van der Waals surface area contributed by atoms with Gasteiger partial charge in [0.2, 0.25) is 0 Å². The van der Waals surface area contributed by atoms with Crippen molar-refractivity contribution in [3.63, 3.8) is 0 Å². The molecule has 0 bridgehead atoms. The maximum absolute atomic E-state index is 11.1. The molecule has 6 nitrogen and oxygen atoms in total. The quantitative estimate of drug-likeness (QED) is 0.597. The Balaban J connectivity index is 2.26. The summed E-state index contributed by atoms with van der Waals surface area (Å²) in [6.45, 7) is 2.63. The molecule has 2 aromatic rings. The molecule has 0 unspecified atom stereocenters. The first-order valence-corrected chi connectivity index (χ1v) is 8.70. The number of carbonyl (C=O) groups is 2. The fourth-order valence-corrected chi connectivity index (χ4v) is 2.75. The Labute approximate surface area is 151 Å². The lowest BCUT2D eigenvalue weighted by Gasteiger charge is -2.14. The van der Waals surface area contributed by atoms with Crippen molar-refractivity contribution in [3.8, 4) is 0 Å². The van der Waals surface area contributed by atoms with Crippen LogP contribution in [0, 0.1) is 0 Å². The molecule has 0 saturated carbocycles. The molecule has 7 heteroatoms. The average Bonchev–Trinajstić information content (AvgIpc) is 2.95. The molecule has 0 amide bonds. The molecule has 25 heavy (non-hydrogen) atoms. The van der Waals surface area contributed by atoms with Crippen molar-refractivity contribution in [1.82, 2.24) is 9.55 Å². The zero-order chi connectivity index (χ0) is 18.4. The number of carboxylic acid groups (broad SMARTS) is 2. The molecular formula is C18H22N2O4S. The Hall–Kier alpha value is -2.28. The molecule has 2 rings (SSSR count). The normalized spacial score (nSPS) is 12.1. The summed E-state index contributed by atoms with van der Waals surface area (Å²) in [7, 11) is 0. The molecule has 0 aliphatic heterocycles. The highest BCUT2D eigenvalue weighted by atomic mass is 32.1. The van der Waals surface area contributed by atoms with Crippen LogP contribution in [0.1, 0.15) is 47.2 Å². The standard InChI is InChI=1S/C18H22N2O4S/c1-2-3-4-16-19-10-14(9-15(25)18(23)24)20(16)11-12-5-7-13(8-6-12)17(21)22/h5-8,10,15,25H,2-4,9,11H2,1H3,(H,21,22)(H,23,24)/t15-/m0/s1. The number of aromatic carboxylic acids is 1. The van der Waals surface area contributed by atoms with Gasteiger partial charge < -0.3 is 14.8 Å². The van der Waals surface area contributed by atoms with Crippen molar-refractivity contribution in [3.05, 3.63) is 53.1 Å². The van der Waals surface area contributed by atoms with Crippen LogP contribution in [0.2, 0.25) is 0 Å². The lowest BCUT2D eigenvalue weighted by atomic mass is 10.1. The van der Waals surface area contributed by atoms with E-state index in [-0.39, 0.29) is 12.0 Å². The molecular weight excluding hydrogens is 340 g/mol. The molecule has 0 aliphatic carbocycles. The first kappa shape index (κ1) is 19.1. The summed E-state index contributed by atoms with van der Waals surface area (Å²) in [6.07, 6.45) is 4.85. The molecule has 0 saturated heterocycles. The summed E-state index contributed by atoms with van der Waals surface area (Å²) in [6, 6.07) is 6.68. The molecule has 1 aromatic carbocycles. The number of nitrogens with zero attached hydrogens (tertiary/aromatic N) is 2. The minimum absolute atomic E-state index is 0.238. The molecule has 1 atom stereocenters. The maximum Gasteiger partial charge on any atom is 0.335 e. The third kappa shape index (κ3) is 5.09. The zero-order valence-corrected chi connectivity index (χ0v) is 14.9. The van der Waals surface area contributed by atoms with Crippen molar-refractivity contribution < 1.29 is 19.8 Å². The lowest BCUT2D eigenvalue weighted by Crippen LogP contribution is -2.19. The second kappa shape index (κ2) is 8.71. The van der Waals surface area contributed by atoms with Crippen LogP contribution < -0.4 is 0 Å². The van der Waals surface area contributed by atoms with E-state index in [4.69, 9.17) is 10.2 Å². The van der Waals surface area contributed by atoms with E-state index in [1.807, 2.05) is 4.57 Å². The van der Waals surface area contributed by atoms with Crippen LogP contribution in [0.15, 0.2) is 30.5 Å². The SMILES string of the molecule is CCCCc1ncc(C[C@H](S)C(=O)O)n1Cc1ccc(C(=O)O)cc1. The van der Waals surface area contributed by atoms with E-state index in [1.54, 1.807) is 30.5 Å². The second-order valence-corrected chi connectivity index (χ2v) is 6.54. The number of rotatable bonds is 9. The lowest BCUT2D eigenvalue weighted by molar-refractivity contribution is -0.136. The molecule has 1 heterocycles. The smallest absolute Gasteiger partial charge is 0.335 e. The molecule has 0 radical (unpaired) electrons. The van der Waals surface area contributed by atoms with Gasteiger partial charge in [0.15, 0.2) is 0 Å². The summed E-state index contributed by atoms with van der Waals surface area (Å²) >= 11 is 4.12. The van der Waals surface area contributed by atoms with Gasteiger partial charge in [-0.25, -0.2) is 9.78 Å². The van der Waals surface area contributed by atoms with Gasteiger partial charge in [0.25, 0.3) is 0 Å². The van der Waals surface area contributed by atoms with Gasteiger partial charge in [0.1, 0.15) is 11.1 Å². The summed E-state index contributed by atoms with van der Waals surface area (Å²) in [5.41, 5.74) is 1.99. The molecule has 0 spiro atoms. The van der Waals surface area contributed by atoms with Gasteiger partial charge >= 0.3 is 11.9 Å². The largest absolute Gasteiger partial charge is 0.480 e. The predicted molar refractivity (Wildman–Crippen MR) is 97.5 cm³/mol. The number of thiol groups is 1. The van der Waals surface area contributed by atoms with Gasteiger partial charge in [0, 0.05) is 31.3 Å². The van der Waals surface area contributed by atoms with Gasteiger partial charge in [-0.3, -0.25) is 4.79 Å². The van der Waals surface area contributed by atoms with Crippen LogP contribution >= 0.6 is 12.6 Å². The Morgan fingerprint density at radius 2 is 1.92 bits per heavy atom. The average molecular weight is 362 g/mol. The summed E-state index contributed by atoms with van der Waals surface area (Å²) in [4.78, 5) is 26.5. The topological polar surface area (TPSA) is 92.4 Å². The Morgan fingerprint density at radius 3 is 2.48 bits per heavy atom. The minimum Gasteiger partial charge on any atom is -0.480 e. The van der Waals surface area contributed by atoms with E-state index < -0.39 is 17.2 Å². The van der Waals surface area contributed by atoms with E-state index in [9.17, 15) is 9.59 Å². The number of aryl methyl sites for hydroxylation is 1. The number of aliphatic carboxylic acids is 1. The summed E-state index contributed by atoms with van der Waals surface area (Å²) < 4.78 is 2.01. The number of benzene rings is 1. The first-order chi connectivity index (χ1) is 11.9. The van der Waals surface area contributed by atoms with Crippen LogP contribution in [-0.4, -0.2) is 37.0 Å². The molecule has 2 N–H and O–H groups in total. The van der Waals surface area contributed by atoms with E-state index in [0.29, 0.717) is 6.54 Å². The summed E-state index contributed by atoms with van der Waals surface area (Å²) in [5, 5.41) is 17.3. The number of hydrogen-bond acceptors (Lipinski definition) is 4. The maximum atomic E-state index is 11.1. The second-order valence-electron chi connectivity index (χ2n) is 5.92. The number of aromatic nitrogens is 2. The third-order valence-electron chi connectivity index (χ3n) is 4.00. The van der Waals surface area contributed by atoms with Gasteiger partial charge in [-0.15, -0.1) is 0 Å². The monoisotopic (exact) mass is 362 g/mol. The molecule has 0 fully saturated rings. The van der Waals surface area contributed by atoms with Crippen molar-refractivity contribution in [2.24, 2.45) is 0 Å². The van der Waals surface area contributed by atoms with E-state index >= 15 is 0 Å². The number of carboxylic acids is 2. The van der Waals surface area contributed by atoms with Gasteiger partial charge in [0.05, 0.1) is 5.56 Å². The Bertz CT molecular complexity index is 740. The Kier molecular flexibility index (Phi) is 6.64. The fourth-order valence-electron chi connectivity index (χ4n) is 2.56. The zero-order valence-electron chi connectivity index (χ0n) is 14.1. The minimum atomic E-state index is -0.961. The van der Waals surface area contributed by atoms with E-state index in [1.165, 1.54) is 0 Å². The number of hydrogen-bond donors (Lipinski definition) is 3. The number of imidazole rings is 1. The van der Waals surface area contributed by atoms with Crippen molar-refractivity contribution in [2.75, 3.05) is 0 Å². The van der Waals surface area contributed by atoms with Gasteiger partial charge in [-0.2, -0.15) is 12.6 Å². The van der Waals surface area contributed by atoms with Gasteiger partial charge in [-0.05, 0) is 24.1 Å². The van der Waals surface area contributed by atoms with Crippen LogP contribution in [0.4, 0.5) is 0 Å². The molecule has 0 aliphatic rings. The first-order valence-electron chi connectivity index (χ1n) is 8.18. The van der Waals surface area contributed by atoms with Crippen LogP contribution in [0.3, 0.4) is 0 Å². The highest BCUT2D eigenvalue weighted by Crippen LogP contribution is 2.16. The van der Waals surface area contributed by atoms with E-state index in [2.05, 4.69) is 24.5 Å².